The van der Waals surface area contributed by atoms with Crippen LogP contribution in [-0.4, -0.2) is 30.1 Å². The van der Waals surface area contributed by atoms with Crippen molar-refractivity contribution in [2.75, 3.05) is 13.2 Å². The Hall–Kier alpha value is -1.65. The van der Waals surface area contributed by atoms with E-state index in [2.05, 4.69) is 10.3 Å². The number of hydrogen-bond acceptors (Lipinski definition) is 3. The van der Waals surface area contributed by atoms with E-state index in [0.29, 0.717) is 24.0 Å². The van der Waals surface area contributed by atoms with Crippen LogP contribution in [0.2, 0.25) is 5.15 Å². The molecule has 2 rings (SSSR count). The third kappa shape index (κ3) is 3.46. The van der Waals surface area contributed by atoms with Crippen LogP contribution in [0.3, 0.4) is 0 Å². The first kappa shape index (κ1) is 14.8. The van der Waals surface area contributed by atoms with Crippen molar-refractivity contribution in [2.24, 2.45) is 0 Å². The lowest BCUT2D eigenvalue weighted by molar-refractivity contribution is 0.0693. The van der Waals surface area contributed by atoms with Gasteiger partial charge in [0.15, 0.2) is 0 Å². The molecule has 1 heterocycles. The lowest BCUT2D eigenvalue weighted by atomic mass is 10.1. The number of nitrogens with zero attached hydrogens (tertiary/aromatic N) is 1. The van der Waals surface area contributed by atoms with Crippen LogP contribution in [0.4, 0.5) is 0 Å². The van der Waals surface area contributed by atoms with Crippen molar-refractivity contribution < 1.29 is 9.53 Å². The summed E-state index contributed by atoms with van der Waals surface area (Å²) in [7, 11) is 0. The Kier molecular flexibility index (Phi) is 4.93. The maximum Gasteiger partial charge on any atom is 0.270 e. The lowest BCUT2D eigenvalue weighted by Gasteiger charge is -2.12. The van der Waals surface area contributed by atoms with E-state index in [4.69, 9.17) is 16.3 Å². The van der Waals surface area contributed by atoms with Gasteiger partial charge in [0.25, 0.3) is 5.91 Å². The summed E-state index contributed by atoms with van der Waals surface area (Å²) < 4.78 is 5.36. The zero-order valence-corrected chi connectivity index (χ0v) is 12.3. The molecule has 0 spiro atoms. The third-order valence-corrected chi connectivity index (χ3v) is 3.22. The smallest absolute Gasteiger partial charge is 0.270 e. The SMILES string of the molecule is CCOC(C)CNC(=O)c1cc2ccccc2c(Cl)n1. The maximum absolute atomic E-state index is 12.1. The molecule has 0 saturated carbocycles. The molecule has 0 aliphatic heterocycles. The van der Waals surface area contributed by atoms with Gasteiger partial charge in [0.1, 0.15) is 10.8 Å². The zero-order valence-electron chi connectivity index (χ0n) is 11.5. The van der Waals surface area contributed by atoms with Crippen molar-refractivity contribution in [3.8, 4) is 0 Å². The number of carbonyl (C=O) groups excluding carboxylic acids is 1. The molecule has 1 aromatic carbocycles. The zero-order chi connectivity index (χ0) is 14.5. The number of hydrogen-bond donors (Lipinski definition) is 1. The van der Waals surface area contributed by atoms with Gasteiger partial charge in [0.2, 0.25) is 0 Å². The predicted octanol–water partition coefficient (Wildman–Crippen LogP) is 3.04. The standard InChI is InChI=1S/C15H17ClN2O2/c1-3-20-10(2)9-17-15(19)13-8-11-6-4-5-7-12(11)14(16)18-13/h4-8,10H,3,9H2,1-2H3,(H,17,19). The Morgan fingerprint density at radius 1 is 1.45 bits per heavy atom. The van der Waals surface area contributed by atoms with E-state index in [9.17, 15) is 4.79 Å². The first-order chi connectivity index (χ1) is 9.61. The number of rotatable bonds is 5. The van der Waals surface area contributed by atoms with Gasteiger partial charge in [-0.3, -0.25) is 4.79 Å². The lowest BCUT2D eigenvalue weighted by Crippen LogP contribution is -2.32. The number of benzene rings is 1. The van der Waals surface area contributed by atoms with Gasteiger partial charge in [-0.05, 0) is 25.3 Å². The highest BCUT2D eigenvalue weighted by Crippen LogP contribution is 2.22. The molecule has 0 aliphatic carbocycles. The molecule has 5 heteroatoms. The molecule has 1 N–H and O–H groups in total. The Morgan fingerprint density at radius 2 is 2.20 bits per heavy atom. The van der Waals surface area contributed by atoms with Gasteiger partial charge in [-0.25, -0.2) is 4.98 Å². The number of ether oxygens (including phenoxy) is 1. The average molecular weight is 293 g/mol. The van der Waals surface area contributed by atoms with Crippen molar-refractivity contribution >= 4 is 28.3 Å². The summed E-state index contributed by atoms with van der Waals surface area (Å²) >= 11 is 6.10. The minimum atomic E-state index is -0.246. The van der Waals surface area contributed by atoms with Crippen molar-refractivity contribution in [3.05, 3.63) is 41.2 Å². The monoisotopic (exact) mass is 292 g/mol. The van der Waals surface area contributed by atoms with Gasteiger partial charge >= 0.3 is 0 Å². The molecule has 1 aromatic heterocycles. The molecule has 1 atom stereocenters. The van der Waals surface area contributed by atoms with Gasteiger partial charge in [0.05, 0.1) is 6.10 Å². The Morgan fingerprint density at radius 3 is 2.95 bits per heavy atom. The molecular formula is C15H17ClN2O2. The molecule has 20 heavy (non-hydrogen) atoms. The second kappa shape index (κ2) is 6.68. The van der Waals surface area contributed by atoms with Gasteiger partial charge in [-0.15, -0.1) is 0 Å². The summed E-state index contributed by atoms with van der Waals surface area (Å²) in [5.41, 5.74) is 0.317. The molecule has 0 radical (unpaired) electrons. The molecule has 0 bridgehead atoms. The summed E-state index contributed by atoms with van der Waals surface area (Å²) in [4.78, 5) is 16.2. The van der Waals surface area contributed by atoms with Crippen LogP contribution in [0.1, 0.15) is 24.3 Å². The fourth-order valence-electron chi connectivity index (χ4n) is 1.94. The third-order valence-electron chi connectivity index (χ3n) is 2.93. The fraction of sp³-hybridized carbons (Fsp3) is 0.333. The van der Waals surface area contributed by atoms with E-state index in [1.165, 1.54) is 0 Å². The van der Waals surface area contributed by atoms with Crippen LogP contribution in [0, 0.1) is 0 Å². The van der Waals surface area contributed by atoms with E-state index in [-0.39, 0.29) is 12.0 Å². The summed E-state index contributed by atoms with van der Waals surface area (Å²) in [6.07, 6.45) is -0.0279. The van der Waals surface area contributed by atoms with E-state index in [0.717, 1.165) is 10.8 Å². The second-order valence-electron chi connectivity index (χ2n) is 4.50. The Bertz CT molecular complexity index is 616. The number of amides is 1. The minimum absolute atomic E-state index is 0.0279. The Labute approximate surface area is 123 Å². The second-order valence-corrected chi connectivity index (χ2v) is 4.85. The molecular weight excluding hydrogens is 276 g/mol. The normalized spacial score (nSPS) is 12.3. The highest BCUT2D eigenvalue weighted by atomic mass is 35.5. The summed E-state index contributed by atoms with van der Waals surface area (Å²) in [6.45, 7) is 4.89. The summed E-state index contributed by atoms with van der Waals surface area (Å²) in [5.74, 6) is -0.246. The molecule has 106 valence electrons. The fourth-order valence-corrected chi connectivity index (χ4v) is 2.21. The van der Waals surface area contributed by atoms with Gasteiger partial charge in [-0.2, -0.15) is 0 Å². The van der Waals surface area contributed by atoms with Crippen molar-refractivity contribution in [1.82, 2.24) is 10.3 Å². The number of nitrogens with one attached hydrogen (secondary N) is 1. The first-order valence-corrected chi connectivity index (χ1v) is 6.94. The average Bonchev–Trinajstić information content (AvgIpc) is 2.45. The van der Waals surface area contributed by atoms with Crippen LogP contribution >= 0.6 is 11.6 Å². The van der Waals surface area contributed by atoms with Crippen LogP contribution in [0.15, 0.2) is 30.3 Å². The van der Waals surface area contributed by atoms with Crippen LogP contribution in [0.25, 0.3) is 10.8 Å². The molecule has 0 saturated heterocycles. The van der Waals surface area contributed by atoms with Gasteiger partial charge in [0, 0.05) is 18.5 Å². The topological polar surface area (TPSA) is 51.2 Å². The number of aromatic nitrogens is 1. The van der Waals surface area contributed by atoms with E-state index in [1.807, 2.05) is 38.1 Å². The Balaban J connectivity index is 2.14. The van der Waals surface area contributed by atoms with Gasteiger partial charge < -0.3 is 10.1 Å². The summed E-state index contributed by atoms with van der Waals surface area (Å²) in [5, 5.41) is 4.87. The highest BCUT2D eigenvalue weighted by molar-refractivity contribution is 6.34. The quantitative estimate of drug-likeness (QED) is 0.862. The largest absolute Gasteiger partial charge is 0.377 e. The maximum atomic E-state index is 12.1. The van der Waals surface area contributed by atoms with E-state index < -0.39 is 0 Å². The molecule has 1 unspecified atom stereocenters. The number of fused-ring (bicyclic) bond motifs is 1. The van der Waals surface area contributed by atoms with Crippen LogP contribution < -0.4 is 5.32 Å². The molecule has 1 amide bonds. The van der Waals surface area contributed by atoms with E-state index >= 15 is 0 Å². The van der Waals surface area contributed by atoms with E-state index in [1.54, 1.807) is 6.07 Å². The minimum Gasteiger partial charge on any atom is -0.377 e. The molecule has 4 nitrogen and oxygen atoms in total. The van der Waals surface area contributed by atoms with Crippen LogP contribution in [0.5, 0.6) is 0 Å². The van der Waals surface area contributed by atoms with Gasteiger partial charge in [-0.1, -0.05) is 35.9 Å². The first-order valence-electron chi connectivity index (χ1n) is 6.57. The van der Waals surface area contributed by atoms with Crippen molar-refractivity contribution in [2.45, 2.75) is 20.0 Å². The molecule has 2 aromatic rings. The van der Waals surface area contributed by atoms with Crippen molar-refractivity contribution in [1.29, 1.82) is 0 Å². The highest BCUT2D eigenvalue weighted by Gasteiger charge is 2.12. The summed E-state index contributed by atoms with van der Waals surface area (Å²) in [6, 6.07) is 9.31. The molecule has 0 aliphatic rings. The van der Waals surface area contributed by atoms with Crippen molar-refractivity contribution in [3.63, 3.8) is 0 Å². The molecule has 0 fully saturated rings. The predicted molar refractivity (Wildman–Crippen MR) is 80.2 cm³/mol. The number of pyridine rings is 1. The number of carbonyl (C=O) groups is 1. The number of halogens is 1. The van der Waals surface area contributed by atoms with Crippen LogP contribution in [-0.2, 0) is 4.74 Å².